The Bertz CT molecular complexity index is 257. The van der Waals surface area contributed by atoms with Crippen molar-refractivity contribution in [3.8, 4) is 0 Å². The molecule has 0 saturated carbocycles. The minimum atomic E-state index is -1.39. The molecule has 14 heavy (non-hydrogen) atoms. The first-order valence-electron chi connectivity index (χ1n) is 4.65. The van der Waals surface area contributed by atoms with Crippen molar-refractivity contribution in [2.75, 3.05) is 23.0 Å². The van der Waals surface area contributed by atoms with Gasteiger partial charge in [0.15, 0.2) is 0 Å². The molecule has 0 aliphatic carbocycles. The number of hydrogen-bond acceptors (Lipinski definition) is 3. The van der Waals surface area contributed by atoms with Crippen LogP contribution < -0.4 is 3.27 Å². The third-order valence-corrected chi connectivity index (χ3v) is 26.4. The van der Waals surface area contributed by atoms with Gasteiger partial charge in [0, 0.05) is 0 Å². The first-order chi connectivity index (χ1) is 6.97. The Balaban J connectivity index is 2.01. The predicted molar refractivity (Wildman–Crippen MR) is 74.1 cm³/mol. The van der Waals surface area contributed by atoms with Crippen molar-refractivity contribution in [1.82, 2.24) is 0 Å². The van der Waals surface area contributed by atoms with E-state index in [9.17, 15) is 0 Å². The number of hydrogen-bond donors (Lipinski definition) is 0. The molecule has 1 aliphatic heterocycles. The third kappa shape index (κ3) is 3.62. The van der Waals surface area contributed by atoms with E-state index in [1.165, 1.54) is 23.0 Å². The molecule has 0 radical (unpaired) electrons. The van der Waals surface area contributed by atoms with Crippen LogP contribution in [0, 0.1) is 0 Å². The van der Waals surface area contributed by atoms with Gasteiger partial charge in [-0.15, -0.1) is 0 Å². The van der Waals surface area contributed by atoms with Crippen LogP contribution in [-0.2, 0) is 0 Å². The summed E-state index contributed by atoms with van der Waals surface area (Å²) in [7, 11) is 4.59. The van der Waals surface area contributed by atoms with Crippen molar-refractivity contribution in [2.24, 2.45) is 0 Å². The fourth-order valence-corrected chi connectivity index (χ4v) is 26.7. The molecule has 1 aromatic rings. The van der Waals surface area contributed by atoms with E-state index < -0.39 is 18.8 Å². The number of thioether (sulfide) groups is 1. The molecule has 0 nitrogen and oxygen atoms in total. The summed E-state index contributed by atoms with van der Waals surface area (Å²) in [5.41, 5.74) is 0. The van der Waals surface area contributed by atoms with Crippen LogP contribution in [0.4, 0.5) is 0 Å². The Morgan fingerprint density at radius 1 is 0.857 bits per heavy atom. The van der Waals surface area contributed by atoms with Crippen molar-refractivity contribution in [1.29, 1.82) is 0 Å². The molecule has 0 amide bonds. The molecule has 0 bridgehead atoms. The van der Waals surface area contributed by atoms with Crippen LogP contribution in [0.3, 0.4) is 0 Å². The average molecular weight is 438 g/mol. The zero-order valence-electron chi connectivity index (χ0n) is 7.89. The molecule has 0 spiro atoms. The summed E-state index contributed by atoms with van der Waals surface area (Å²) in [4.78, 5) is 0. The fraction of sp³-hybridized carbons (Fsp3) is 0.400. The molecular formula is C10H13BiS3. The maximum absolute atomic E-state index is 2.34. The van der Waals surface area contributed by atoms with E-state index in [-0.39, 0.29) is 0 Å². The van der Waals surface area contributed by atoms with E-state index in [1.807, 2.05) is 0 Å². The zero-order valence-corrected chi connectivity index (χ0v) is 13.8. The van der Waals surface area contributed by atoms with Gasteiger partial charge in [-0.3, -0.25) is 0 Å². The summed E-state index contributed by atoms with van der Waals surface area (Å²) in [6.07, 6.45) is 0. The van der Waals surface area contributed by atoms with Crippen LogP contribution in [0.1, 0.15) is 0 Å². The topological polar surface area (TPSA) is 0 Å². The van der Waals surface area contributed by atoms with Gasteiger partial charge in [-0.05, 0) is 0 Å². The van der Waals surface area contributed by atoms with E-state index >= 15 is 0 Å². The average Bonchev–Trinajstić information content (AvgIpc) is 2.18. The van der Waals surface area contributed by atoms with Crippen molar-refractivity contribution < 1.29 is 0 Å². The third-order valence-electron chi connectivity index (χ3n) is 1.84. The summed E-state index contributed by atoms with van der Waals surface area (Å²) >= 11 is 0.724. The Hall–Kier alpha value is 1.15. The predicted octanol–water partition coefficient (Wildman–Crippen LogP) is 2.60. The molecule has 1 fully saturated rings. The SMILES string of the molecule is c1cc[c]([Bi]2[S]CCSCC[S]2)cc1. The first-order valence-corrected chi connectivity index (χ1v) is 17.9. The molecule has 1 saturated heterocycles. The molecule has 4 heteroatoms. The van der Waals surface area contributed by atoms with Gasteiger partial charge in [-0.1, -0.05) is 0 Å². The Kier molecular flexibility index (Phi) is 5.55. The van der Waals surface area contributed by atoms with Crippen molar-refractivity contribution in [3.63, 3.8) is 0 Å². The Morgan fingerprint density at radius 3 is 2.14 bits per heavy atom. The van der Waals surface area contributed by atoms with E-state index in [0.29, 0.717) is 0 Å². The standard InChI is InChI=1S/C6H5.C4H10S3.Bi/c1-2-4-6-5-3-1;5-1-3-7-4-2-6;/h1-5H;5-6H,1-4H2;/q;;+2/p-2. The summed E-state index contributed by atoms with van der Waals surface area (Å²) in [5.74, 6) is 5.49. The Morgan fingerprint density at radius 2 is 1.50 bits per heavy atom. The van der Waals surface area contributed by atoms with Gasteiger partial charge in [-0.25, -0.2) is 0 Å². The van der Waals surface area contributed by atoms with E-state index in [1.54, 1.807) is 3.27 Å². The van der Waals surface area contributed by atoms with Gasteiger partial charge in [0.1, 0.15) is 0 Å². The van der Waals surface area contributed by atoms with E-state index in [0.717, 1.165) is 0 Å². The normalized spacial score (nSPS) is 20.0. The second-order valence-electron chi connectivity index (χ2n) is 2.87. The van der Waals surface area contributed by atoms with E-state index in [2.05, 4.69) is 59.1 Å². The molecule has 0 aromatic heterocycles. The van der Waals surface area contributed by atoms with Gasteiger partial charge >= 0.3 is 104 Å². The van der Waals surface area contributed by atoms with Crippen molar-refractivity contribution in [3.05, 3.63) is 30.3 Å². The molecule has 1 aromatic carbocycles. The summed E-state index contributed by atoms with van der Waals surface area (Å²) in [6.45, 7) is 0. The molecular weight excluding hydrogens is 425 g/mol. The van der Waals surface area contributed by atoms with Crippen LogP contribution in [0.5, 0.6) is 0 Å². The van der Waals surface area contributed by atoms with Crippen molar-refractivity contribution >= 4 is 50.9 Å². The van der Waals surface area contributed by atoms with E-state index in [4.69, 9.17) is 0 Å². The molecule has 0 unspecified atom stereocenters. The van der Waals surface area contributed by atoms with Crippen molar-refractivity contribution in [2.45, 2.75) is 0 Å². The molecule has 1 aliphatic rings. The zero-order chi connectivity index (χ0) is 9.64. The maximum atomic E-state index is 2.34. The van der Waals surface area contributed by atoms with Crippen LogP contribution in [-0.4, -0.2) is 41.8 Å². The molecule has 0 N–H and O–H groups in total. The molecule has 76 valence electrons. The Labute approximate surface area is 103 Å². The summed E-state index contributed by atoms with van der Waals surface area (Å²) in [5, 5.41) is 0. The summed E-state index contributed by atoms with van der Waals surface area (Å²) in [6, 6.07) is 11.2. The summed E-state index contributed by atoms with van der Waals surface area (Å²) < 4.78 is 1.68. The quantitative estimate of drug-likeness (QED) is 0.619. The first kappa shape index (κ1) is 11.6. The van der Waals surface area contributed by atoms with Crippen LogP contribution in [0.2, 0.25) is 0 Å². The fourth-order valence-electron chi connectivity index (χ4n) is 1.20. The van der Waals surface area contributed by atoms with Gasteiger partial charge < -0.3 is 0 Å². The van der Waals surface area contributed by atoms with Gasteiger partial charge in [0.25, 0.3) is 0 Å². The minimum absolute atomic E-state index is 1.36. The number of benzene rings is 1. The number of rotatable bonds is 1. The van der Waals surface area contributed by atoms with Crippen LogP contribution >= 0.6 is 28.8 Å². The van der Waals surface area contributed by atoms with Crippen LogP contribution in [0.25, 0.3) is 0 Å². The van der Waals surface area contributed by atoms with Gasteiger partial charge in [0.05, 0.1) is 0 Å². The van der Waals surface area contributed by atoms with Gasteiger partial charge in [0.2, 0.25) is 0 Å². The second kappa shape index (κ2) is 6.67. The second-order valence-corrected chi connectivity index (χ2v) is 23.9. The van der Waals surface area contributed by atoms with Gasteiger partial charge in [-0.2, -0.15) is 0 Å². The molecule has 0 atom stereocenters. The molecule has 1 heterocycles. The molecule has 2 rings (SSSR count). The monoisotopic (exact) mass is 438 g/mol. The van der Waals surface area contributed by atoms with Crippen LogP contribution in [0.15, 0.2) is 30.3 Å².